The van der Waals surface area contributed by atoms with Gasteiger partial charge in [0.05, 0.1) is 15.8 Å². The van der Waals surface area contributed by atoms with Crippen molar-refractivity contribution in [1.29, 1.82) is 0 Å². The van der Waals surface area contributed by atoms with Crippen LogP contribution in [0.3, 0.4) is 0 Å². The Kier molecular flexibility index (Phi) is 5.19. The minimum Gasteiger partial charge on any atom is -0.404 e. The molecule has 0 saturated carbocycles. The molecule has 0 radical (unpaired) electrons. The first-order chi connectivity index (χ1) is 15.8. The maximum absolute atomic E-state index is 6.06. The van der Waals surface area contributed by atoms with E-state index >= 15 is 0 Å². The maximum atomic E-state index is 6.06. The van der Waals surface area contributed by atoms with E-state index in [4.69, 9.17) is 15.7 Å². The standard InChI is InChI=1S/C24H29N7S/c25-15-19(23-26-8-7-22(28-23)30-9-1-2-10-30)24-27-20-6-5-17(14-21(20)32-24)31-13-12-29-11-3-4-18(29)16-31/h5-8,14-15,18H,1-4,9-13,16,25H2. The SMILES string of the molecule is NC=C(c1nccc(N2CCCC2)n1)c1nc2ccc(N3CCN4CCCC4C3)cc2s1. The number of thiazole rings is 1. The van der Waals surface area contributed by atoms with Crippen LogP contribution < -0.4 is 15.5 Å². The first kappa shape index (κ1) is 19.9. The van der Waals surface area contributed by atoms with E-state index in [1.807, 2.05) is 12.3 Å². The van der Waals surface area contributed by atoms with Crippen LogP contribution in [-0.2, 0) is 0 Å². The van der Waals surface area contributed by atoms with E-state index in [2.05, 4.69) is 37.9 Å². The molecule has 5 heterocycles. The van der Waals surface area contributed by atoms with Crippen LogP contribution >= 0.6 is 11.3 Å². The minimum absolute atomic E-state index is 0.647. The Hall–Kier alpha value is -2.71. The van der Waals surface area contributed by atoms with Gasteiger partial charge < -0.3 is 15.5 Å². The van der Waals surface area contributed by atoms with Gasteiger partial charge in [-0.25, -0.2) is 15.0 Å². The number of piperazine rings is 1. The molecule has 2 N–H and O–H groups in total. The average molecular weight is 448 g/mol. The van der Waals surface area contributed by atoms with Crippen LogP contribution in [0.25, 0.3) is 15.8 Å². The lowest BCUT2D eigenvalue weighted by Gasteiger charge is -2.38. The maximum Gasteiger partial charge on any atom is 0.166 e. The van der Waals surface area contributed by atoms with Crippen molar-refractivity contribution in [3.8, 4) is 0 Å². The molecule has 1 aromatic carbocycles. The first-order valence-corrected chi connectivity index (χ1v) is 12.5. The van der Waals surface area contributed by atoms with Gasteiger partial charge in [-0.3, -0.25) is 4.90 Å². The molecule has 6 rings (SSSR count). The largest absolute Gasteiger partial charge is 0.404 e. The number of fused-ring (bicyclic) bond motifs is 2. The summed E-state index contributed by atoms with van der Waals surface area (Å²) in [7, 11) is 0. The average Bonchev–Trinajstić information content (AvgIpc) is 3.59. The smallest absolute Gasteiger partial charge is 0.166 e. The second-order valence-corrected chi connectivity index (χ2v) is 9.99. The fourth-order valence-electron chi connectivity index (χ4n) is 5.29. The van der Waals surface area contributed by atoms with Crippen LogP contribution in [0.5, 0.6) is 0 Å². The van der Waals surface area contributed by atoms with Crippen molar-refractivity contribution in [2.45, 2.75) is 31.7 Å². The van der Waals surface area contributed by atoms with Crippen LogP contribution in [0.4, 0.5) is 11.5 Å². The highest BCUT2D eigenvalue weighted by Crippen LogP contribution is 2.34. The quantitative estimate of drug-likeness (QED) is 0.658. The lowest BCUT2D eigenvalue weighted by molar-refractivity contribution is 0.231. The van der Waals surface area contributed by atoms with Crippen molar-refractivity contribution in [1.82, 2.24) is 19.9 Å². The summed E-state index contributed by atoms with van der Waals surface area (Å²) in [5.74, 6) is 1.62. The third kappa shape index (κ3) is 3.61. The van der Waals surface area contributed by atoms with Crippen LogP contribution in [0.15, 0.2) is 36.7 Å². The Labute approximate surface area is 192 Å². The highest BCUT2D eigenvalue weighted by Gasteiger charge is 2.30. The number of rotatable bonds is 4. The molecule has 0 amide bonds. The molecule has 2 aromatic heterocycles. The van der Waals surface area contributed by atoms with E-state index in [-0.39, 0.29) is 0 Å². The van der Waals surface area contributed by atoms with Crippen LogP contribution in [0.1, 0.15) is 36.5 Å². The van der Waals surface area contributed by atoms with Crippen LogP contribution in [-0.4, -0.2) is 65.2 Å². The Balaban J connectivity index is 1.28. The number of nitrogens with zero attached hydrogens (tertiary/aromatic N) is 6. The summed E-state index contributed by atoms with van der Waals surface area (Å²) in [5.41, 5.74) is 9.16. The van der Waals surface area contributed by atoms with Gasteiger partial charge in [0.15, 0.2) is 5.82 Å². The zero-order valence-corrected chi connectivity index (χ0v) is 19.1. The Bertz CT molecular complexity index is 1150. The molecule has 3 fully saturated rings. The van der Waals surface area contributed by atoms with Gasteiger partial charge in [-0.15, -0.1) is 11.3 Å². The van der Waals surface area contributed by atoms with Crippen LogP contribution in [0.2, 0.25) is 0 Å². The highest BCUT2D eigenvalue weighted by molar-refractivity contribution is 7.19. The van der Waals surface area contributed by atoms with E-state index in [1.165, 1.54) is 49.2 Å². The van der Waals surface area contributed by atoms with Gasteiger partial charge in [0, 0.05) is 56.8 Å². The molecule has 7 nitrogen and oxygen atoms in total. The third-order valence-corrected chi connectivity index (χ3v) is 8.08. The summed E-state index contributed by atoms with van der Waals surface area (Å²) in [5, 5.41) is 0.874. The summed E-state index contributed by atoms with van der Waals surface area (Å²) in [6, 6.07) is 9.34. The Morgan fingerprint density at radius 2 is 1.91 bits per heavy atom. The zero-order chi connectivity index (χ0) is 21.5. The lowest BCUT2D eigenvalue weighted by Crippen LogP contribution is -2.50. The number of nitrogens with two attached hydrogens (primary N) is 1. The summed E-state index contributed by atoms with van der Waals surface area (Å²) in [4.78, 5) is 21.7. The van der Waals surface area contributed by atoms with E-state index in [0.717, 1.165) is 48.1 Å². The summed E-state index contributed by atoms with van der Waals surface area (Å²) < 4.78 is 1.18. The van der Waals surface area contributed by atoms with Gasteiger partial charge in [-0.2, -0.15) is 0 Å². The fraction of sp³-hybridized carbons (Fsp3) is 0.458. The predicted molar refractivity (Wildman–Crippen MR) is 131 cm³/mol. The Morgan fingerprint density at radius 1 is 1.00 bits per heavy atom. The molecule has 3 aliphatic rings. The molecule has 3 aromatic rings. The van der Waals surface area contributed by atoms with E-state index in [0.29, 0.717) is 11.9 Å². The van der Waals surface area contributed by atoms with Gasteiger partial charge in [0.1, 0.15) is 10.8 Å². The Morgan fingerprint density at radius 3 is 2.78 bits per heavy atom. The van der Waals surface area contributed by atoms with E-state index in [9.17, 15) is 0 Å². The summed E-state index contributed by atoms with van der Waals surface area (Å²) in [6.07, 6.45) is 8.52. The number of benzene rings is 1. The van der Waals surface area contributed by atoms with Crippen LogP contribution in [0, 0.1) is 0 Å². The predicted octanol–water partition coefficient (Wildman–Crippen LogP) is 3.32. The second-order valence-electron chi connectivity index (χ2n) is 8.96. The van der Waals surface area contributed by atoms with Gasteiger partial charge in [0.2, 0.25) is 0 Å². The molecule has 1 atom stereocenters. The van der Waals surface area contributed by atoms with Gasteiger partial charge >= 0.3 is 0 Å². The van der Waals surface area contributed by atoms with Gasteiger partial charge in [-0.05, 0) is 56.5 Å². The molecule has 0 spiro atoms. The van der Waals surface area contributed by atoms with Crippen molar-refractivity contribution in [3.05, 3.63) is 47.5 Å². The van der Waals surface area contributed by atoms with E-state index in [1.54, 1.807) is 17.5 Å². The molecule has 8 heteroatoms. The lowest BCUT2D eigenvalue weighted by atomic mass is 10.1. The monoisotopic (exact) mass is 447 g/mol. The molecule has 3 aliphatic heterocycles. The number of aromatic nitrogens is 3. The van der Waals surface area contributed by atoms with Crippen molar-refractivity contribution in [2.24, 2.45) is 5.73 Å². The molecule has 0 bridgehead atoms. The molecule has 32 heavy (non-hydrogen) atoms. The molecule has 166 valence electrons. The number of anilines is 2. The topological polar surface area (TPSA) is 74.4 Å². The number of hydrogen-bond acceptors (Lipinski definition) is 8. The molecular formula is C24H29N7S. The van der Waals surface area contributed by atoms with Gasteiger partial charge in [0.25, 0.3) is 0 Å². The normalized spacial score (nSPS) is 22.1. The van der Waals surface area contributed by atoms with Crippen molar-refractivity contribution in [2.75, 3.05) is 49.1 Å². The number of hydrogen-bond donors (Lipinski definition) is 1. The molecule has 1 unspecified atom stereocenters. The third-order valence-electron chi connectivity index (χ3n) is 7.03. The molecule has 0 aliphatic carbocycles. The second kappa shape index (κ2) is 8.33. The summed E-state index contributed by atoms with van der Waals surface area (Å²) in [6.45, 7) is 6.77. The zero-order valence-electron chi connectivity index (χ0n) is 18.3. The minimum atomic E-state index is 0.647. The molecular weight excluding hydrogens is 418 g/mol. The van der Waals surface area contributed by atoms with Crippen molar-refractivity contribution >= 4 is 38.6 Å². The van der Waals surface area contributed by atoms with Crippen molar-refractivity contribution in [3.63, 3.8) is 0 Å². The first-order valence-electron chi connectivity index (χ1n) is 11.7. The fourth-order valence-corrected chi connectivity index (χ4v) is 6.31. The van der Waals surface area contributed by atoms with Crippen molar-refractivity contribution < 1.29 is 0 Å². The highest BCUT2D eigenvalue weighted by atomic mass is 32.1. The van der Waals surface area contributed by atoms with Gasteiger partial charge in [-0.1, -0.05) is 0 Å². The van der Waals surface area contributed by atoms with E-state index < -0.39 is 0 Å². The molecule has 3 saturated heterocycles. The summed E-state index contributed by atoms with van der Waals surface area (Å²) >= 11 is 1.67.